The number of aliphatic hydroxyl groups excluding tert-OH is 1. The van der Waals surface area contributed by atoms with Gasteiger partial charge < -0.3 is 10.8 Å². The highest BCUT2D eigenvalue weighted by molar-refractivity contribution is 5.28. The average molecular weight is 315 g/mol. The molecular formula is C20H26FNO. The summed E-state index contributed by atoms with van der Waals surface area (Å²) in [7, 11) is 0. The second-order valence-corrected chi connectivity index (χ2v) is 7.15. The Kier molecular flexibility index (Phi) is 5.55. The number of nitrogens with two attached hydrogens (primary N) is 1. The zero-order valence-corrected chi connectivity index (χ0v) is 14.1. The van der Waals surface area contributed by atoms with Gasteiger partial charge in [0.25, 0.3) is 0 Å². The third-order valence-electron chi connectivity index (χ3n) is 4.20. The number of aliphatic hydroxyl groups is 1. The molecule has 0 aliphatic carbocycles. The summed E-state index contributed by atoms with van der Waals surface area (Å²) >= 11 is 0. The van der Waals surface area contributed by atoms with Crippen LogP contribution < -0.4 is 5.73 Å². The predicted molar refractivity (Wildman–Crippen MR) is 92.8 cm³/mol. The van der Waals surface area contributed by atoms with Crippen molar-refractivity contribution in [1.82, 2.24) is 0 Å². The smallest absolute Gasteiger partial charge is 0.123 e. The van der Waals surface area contributed by atoms with Crippen LogP contribution in [0.1, 0.15) is 50.0 Å². The van der Waals surface area contributed by atoms with Gasteiger partial charge in [0.1, 0.15) is 5.82 Å². The molecule has 0 aliphatic rings. The standard InChI is InChI=1S/C20H26FNO/c1-20(2,3)16-9-4-14(5-10-16)6-13-18(22)19(23)15-7-11-17(21)12-8-15/h4-5,7-12,18-19,23H,6,13,22H2,1-3H3. The van der Waals surface area contributed by atoms with Gasteiger partial charge in [-0.25, -0.2) is 4.39 Å². The van der Waals surface area contributed by atoms with Crippen molar-refractivity contribution in [3.63, 3.8) is 0 Å². The summed E-state index contributed by atoms with van der Waals surface area (Å²) in [6.45, 7) is 6.57. The minimum Gasteiger partial charge on any atom is -0.387 e. The van der Waals surface area contributed by atoms with Crippen LogP contribution in [0.2, 0.25) is 0 Å². The lowest BCUT2D eigenvalue weighted by Gasteiger charge is -2.20. The minimum atomic E-state index is -0.774. The molecule has 0 spiro atoms. The Balaban J connectivity index is 1.93. The second-order valence-electron chi connectivity index (χ2n) is 7.15. The number of hydrogen-bond acceptors (Lipinski definition) is 2. The summed E-state index contributed by atoms with van der Waals surface area (Å²) in [6.07, 6.45) is 0.710. The maximum atomic E-state index is 12.9. The zero-order chi connectivity index (χ0) is 17.0. The van der Waals surface area contributed by atoms with E-state index in [1.165, 1.54) is 23.3 Å². The molecule has 0 aromatic heterocycles. The number of aryl methyl sites for hydroxylation is 1. The monoisotopic (exact) mass is 315 g/mol. The van der Waals surface area contributed by atoms with Crippen LogP contribution in [0.4, 0.5) is 4.39 Å². The topological polar surface area (TPSA) is 46.2 Å². The first-order chi connectivity index (χ1) is 10.8. The van der Waals surface area contributed by atoms with Crippen molar-refractivity contribution in [3.8, 4) is 0 Å². The van der Waals surface area contributed by atoms with Crippen molar-refractivity contribution in [2.45, 2.75) is 51.2 Å². The largest absolute Gasteiger partial charge is 0.387 e. The van der Waals surface area contributed by atoms with Gasteiger partial charge in [-0.1, -0.05) is 57.2 Å². The fourth-order valence-electron chi connectivity index (χ4n) is 2.57. The molecule has 0 radical (unpaired) electrons. The van der Waals surface area contributed by atoms with Crippen LogP contribution in [0.3, 0.4) is 0 Å². The highest BCUT2D eigenvalue weighted by Gasteiger charge is 2.17. The molecule has 2 rings (SSSR count). The Morgan fingerprint density at radius 2 is 1.57 bits per heavy atom. The minimum absolute atomic E-state index is 0.147. The van der Waals surface area contributed by atoms with Crippen molar-refractivity contribution >= 4 is 0 Å². The van der Waals surface area contributed by atoms with Crippen LogP contribution in [-0.2, 0) is 11.8 Å². The number of rotatable bonds is 5. The Labute approximate surface area is 138 Å². The lowest BCUT2D eigenvalue weighted by atomic mass is 9.86. The van der Waals surface area contributed by atoms with Crippen molar-refractivity contribution < 1.29 is 9.50 Å². The summed E-state index contributed by atoms with van der Waals surface area (Å²) in [6, 6.07) is 14.0. The van der Waals surface area contributed by atoms with Crippen molar-refractivity contribution in [1.29, 1.82) is 0 Å². The Bertz CT molecular complexity index is 614. The van der Waals surface area contributed by atoms with Crippen molar-refractivity contribution in [3.05, 3.63) is 71.0 Å². The molecule has 3 heteroatoms. The molecule has 0 heterocycles. The Hall–Kier alpha value is -1.71. The van der Waals surface area contributed by atoms with Gasteiger partial charge in [-0.15, -0.1) is 0 Å². The van der Waals surface area contributed by atoms with Crippen LogP contribution in [0.25, 0.3) is 0 Å². The van der Waals surface area contributed by atoms with Crippen LogP contribution in [0, 0.1) is 5.82 Å². The molecule has 0 amide bonds. The van der Waals surface area contributed by atoms with Gasteiger partial charge >= 0.3 is 0 Å². The van der Waals surface area contributed by atoms with Crippen molar-refractivity contribution in [2.24, 2.45) is 5.73 Å². The van der Waals surface area contributed by atoms with E-state index in [9.17, 15) is 9.50 Å². The molecule has 0 aliphatic heterocycles. The molecule has 2 unspecified atom stereocenters. The zero-order valence-electron chi connectivity index (χ0n) is 14.1. The second kappa shape index (κ2) is 7.24. The molecule has 2 nitrogen and oxygen atoms in total. The third-order valence-corrected chi connectivity index (χ3v) is 4.20. The van der Waals surface area contributed by atoms with Gasteiger partial charge in [-0.05, 0) is 47.1 Å². The van der Waals surface area contributed by atoms with Crippen LogP contribution in [0.5, 0.6) is 0 Å². The number of benzene rings is 2. The molecule has 2 aromatic carbocycles. The first-order valence-corrected chi connectivity index (χ1v) is 8.06. The molecule has 3 N–H and O–H groups in total. The maximum absolute atomic E-state index is 12.9. The molecule has 2 atom stereocenters. The van der Waals surface area contributed by atoms with Gasteiger partial charge in [-0.3, -0.25) is 0 Å². The van der Waals surface area contributed by atoms with Gasteiger partial charge in [0, 0.05) is 6.04 Å². The Morgan fingerprint density at radius 3 is 2.09 bits per heavy atom. The van der Waals surface area contributed by atoms with Crippen LogP contribution >= 0.6 is 0 Å². The van der Waals surface area contributed by atoms with E-state index in [0.29, 0.717) is 12.0 Å². The molecule has 2 aromatic rings. The van der Waals surface area contributed by atoms with E-state index < -0.39 is 6.10 Å². The van der Waals surface area contributed by atoms with Gasteiger partial charge in [0.05, 0.1) is 6.10 Å². The average Bonchev–Trinajstić information content (AvgIpc) is 2.52. The van der Waals surface area contributed by atoms with E-state index in [1.54, 1.807) is 12.1 Å². The van der Waals surface area contributed by atoms with E-state index >= 15 is 0 Å². The third kappa shape index (κ3) is 4.88. The molecule has 0 bridgehead atoms. The first-order valence-electron chi connectivity index (χ1n) is 8.06. The highest BCUT2D eigenvalue weighted by atomic mass is 19.1. The van der Waals surface area contributed by atoms with Gasteiger partial charge in [0.15, 0.2) is 0 Å². The number of halogens is 1. The van der Waals surface area contributed by atoms with Crippen LogP contribution in [-0.4, -0.2) is 11.1 Å². The van der Waals surface area contributed by atoms with E-state index in [-0.39, 0.29) is 17.3 Å². The lowest BCUT2D eigenvalue weighted by Crippen LogP contribution is -2.29. The molecule has 0 fully saturated rings. The SMILES string of the molecule is CC(C)(C)c1ccc(CCC(N)C(O)c2ccc(F)cc2)cc1. The summed E-state index contributed by atoms with van der Waals surface area (Å²) < 4.78 is 12.9. The predicted octanol–water partition coefficient (Wildman–Crippen LogP) is 4.12. The molecular weight excluding hydrogens is 289 g/mol. The first kappa shape index (κ1) is 17.6. The van der Waals surface area contributed by atoms with Gasteiger partial charge in [-0.2, -0.15) is 0 Å². The fourth-order valence-corrected chi connectivity index (χ4v) is 2.57. The van der Waals surface area contributed by atoms with E-state index in [2.05, 4.69) is 45.0 Å². The van der Waals surface area contributed by atoms with Crippen LogP contribution in [0.15, 0.2) is 48.5 Å². The summed E-state index contributed by atoms with van der Waals surface area (Å²) in [4.78, 5) is 0. The highest BCUT2D eigenvalue weighted by Crippen LogP contribution is 2.23. The summed E-state index contributed by atoms with van der Waals surface area (Å²) in [5, 5.41) is 10.3. The lowest BCUT2D eigenvalue weighted by molar-refractivity contribution is 0.142. The van der Waals surface area contributed by atoms with E-state index in [0.717, 1.165) is 6.42 Å². The van der Waals surface area contributed by atoms with Crippen molar-refractivity contribution in [2.75, 3.05) is 0 Å². The molecule has 0 saturated carbocycles. The van der Waals surface area contributed by atoms with E-state index in [4.69, 9.17) is 5.73 Å². The maximum Gasteiger partial charge on any atom is 0.123 e. The number of hydrogen-bond donors (Lipinski definition) is 2. The van der Waals surface area contributed by atoms with E-state index in [1.807, 2.05) is 0 Å². The normalized spacial score (nSPS) is 14.5. The quantitative estimate of drug-likeness (QED) is 0.872. The molecule has 124 valence electrons. The Morgan fingerprint density at radius 1 is 1.00 bits per heavy atom. The molecule has 23 heavy (non-hydrogen) atoms. The summed E-state index contributed by atoms with van der Waals surface area (Å²) in [5.41, 5.74) is 9.40. The summed E-state index contributed by atoms with van der Waals surface area (Å²) in [5.74, 6) is -0.312. The fraction of sp³-hybridized carbons (Fsp3) is 0.400. The molecule has 0 saturated heterocycles. The van der Waals surface area contributed by atoms with Gasteiger partial charge in [0.2, 0.25) is 0 Å².